The molecule has 1 aromatic heterocycles. The van der Waals surface area contributed by atoms with Gasteiger partial charge in [0, 0.05) is 12.3 Å². The van der Waals surface area contributed by atoms with Crippen molar-refractivity contribution < 1.29 is 14.6 Å². The predicted molar refractivity (Wildman–Crippen MR) is 65.6 cm³/mol. The van der Waals surface area contributed by atoms with Crippen LogP contribution >= 0.6 is 0 Å². The molecule has 1 fully saturated rings. The molecule has 1 heterocycles. The molecule has 0 bridgehead atoms. The monoisotopic (exact) mass is 251 g/mol. The van der Waals surface area contributed by atoms with Crippen LogP contribution in [0.3, 0.4) is 0 Å². The Hall–Kier alpha value is -1.85. The molecule has 0 amide bonds. The lowest BCUT2D eigenvalue weighted by Gasteiger charge is -2.26. The van der Waals surface area contributed by atoms with Gasteiger partial charge < -0.3 is 15.2 Å². The van der Waals surface area contributed by atoms with Crippen LogP contribution in [0.4, 0.5) is 5.95 Å². The quantitative estimate of drug-likeness (QED) is 0.797. The highest BCUT2D eigenvalue weighted by Gasteiger charge is 2.48. The van der Waals surface area contributed by atoms with E-state index in [9.17, 15) is 9.90 Å². The van der Waals surface area contributed by atoms with Gasteiger partial charge in [0.1, 0.15) is 5.54 Å². The highest BCUT2D eigenvalue weighted by molar-refractivity contribution is 5.82. The Balaban J connectivity index is 2.16. The topological polar surface area (TPSA) is 84.3 Å². The number of aromatic nitrogens is 2. The normalized spacial score (nSPS) is 17.9. The molecule has 0 spiro atoms. The van der Waals surface area contributed by atoms with E-state index in [0.29, 0.717) is 12.5 Å². The van der Waals surface area contributed by atoms with Crippen molar-refractivity contribution >= 4 is 11.9 Å². The summed E-state index contributed by atoms with van der Waals surface area (Å²) in [7, 11) is 0. The van der Waals surface area contributed by atoms with E-state index in [2.05, 4.69) is 15.3 Å². The lowest BCUT2D eigenvalue weighted by Crippen LogP contribution is -2.46. The first kappa shape index (κ1) is 12.6. The average Bonchev–Trinajstić information content (AvgIpc) is 3.13. The summed E-state index contributed by atoms with van der Waals surface area (Å²) in [6.45, 7) is 4.04. The van der Waals surface area contributed by atoms with Gasteiger partial charge in [-0.1, -0.05) is 0 Å². The molecule has 6 heteroatoms. The summed E-state index contributed by atoms with van der Waals surface area (Å²) < 4.78 is 5.26. The number of hydrogen-bond acceptors (Lipinski definition) is 5. The predicted octanol–water partition coefficient (Wildman–Crippen LogP) is 1.54. The van der Waals surface area contributed by atoms with Crippen LogP contribution in [0.25, 0.3) is 0 Å². The van der Waals surface area contributed by atoms with Crippen LogP contribution in [0.15, 0.2) is 12.3 Å². The van der Waals surface area contributed by atoms with Gasteiger partial charge in [0.2, 0.25) is 11.8 Å². The van der Waals surface area contributed by atoms with E-state index in [-0.39, 0.29) is 11.9 Å². The van der Waals surface area contributed by atoms with Crippen molar-refractivity contribution in [3.05, 3.63) is 12.3 Å². The van der Waals surface area contributed by atoms with E-state index >= 15 is 0 Å². The number of ether oxygens (including phenoxy) is 1. The van der Waals surface area contributed by atoms with Gasteiger partial charge in [0.05, 0.1) is 6.61 Å². The molecule has 0 aliphatic heterocycles. The van der Waals surface area contributed by atoms with Crippen LogP contribution in [0.2, 0.25) is 0 Å². The van der Waals surface area contributed by atoms with Crippen molar-refractivity contribution in [2.45, 2.75) is 32.2 Å². The van der Waals surface area contributed by atoms with Gasteiger partial charge in [-0.15, -0.1) is 0 Å². The summed E-state index contributed by atoms with van der Waals surface area (Å²) in [5.41, 5.74) is -1.01. The molecule has 1 aliphatic rings. The fourth-order valence-corrected chi connectivity index (χ4v) is 1.85. The minimum atomic E-state index is -1.01. The van der Waals surface area contributed by atoms with Gasteiger partial charge >= 0.3 is 5.97 Å². The van der Waals surface area contributed by atoms with Crippen molar-refractivity contribution in [1.29, 1.82) is 0 Å². The molecule has 18 heavy (non-hydrogen) atoms. The molecular formula is C12H17N3O3. The number of hydrogen-bond donors (Lipinski definition) is 2. The Morgan fingerprint density at radius 2 is 2.39 bits per heavy atom. The SMILES string of the molecule is CCOc1ccnc(NC(C)(C(=O)O)C2CC2)n1. The zero-order valence-electron chi connectivity index (χ0n) is 10.5. The van der Waals surface area contributed by atoms with Crippen molar-refractivity contribution in [3.63, 3.8) is 0 Å². The maximum Gasteiger partial charge on any atom is 0.329 e. The highest BCUT2D eigenvalue weighted by atomic mass is 16.5. The number of carboxylic acids is 1. The second kappa shape index (κ2) is 4.80. The Morgan fingerprint density at radius 1 is 1.67 bits per heavy atom. The molecule has 2 N–H and O–H groups in total. The van der Waals surface area contributed by atoms with Crippen LogP contribution in [0, 0.1) is 5.92 Å². The van der Waals surface area contributed by atoms with E-state index in [4.69, 9.17) is 4.74 Å². The van der Waals surface area contributed by atoms with Crippen LogP contribution in [-0.2, 0) is 4.79 Å². The lowest BCUT2D eigenvalue weighted by molar-refractivity contribution is -0.142. The molecule has 1 atom stereocenters. The molecule has 1 aliphatic carbocycles. The van der Waals surface area contributed by atoms with Crippen molar-refractivity contribution in [2.75, 3.05) is 11.9 Å². The number of carboxylic acid groups (broad SMARTS) is 1. The molecule has 1 unspecified atom stereocenters. The number of nitrogens with zero attached hydrogens (tertiary/aromatic N) is 2. The maximum absolute atomic E-state index is 11.4. The molecule has 2 rings (SSSR count). The molecule has 6 nitrogen and oxygen atoms in total. The number of anilines is 1. The van der Waals surface area contributed by atoms with Crippen LogP contribution in [0.1, 0.15) is 26.7 Å². The first-order valence-corrected chi connectivity index (χ1v) is 6.03. The van der Waals surface area contributed by atoms with Crippen LogP contribution in [0.5, 0.6) is 5.88 Å². The second-order valence-electron chi connectivity index (χ2n) is 4.56. The molecule has 0 radical (unpaired) electrons. The average molecular weight is 251 g/mol. The van der Waals surface area contributed by atoms with Gasteiger partial charge in [-0.25, -0.2) is 9.78 Å². The summed E-state index contributed by atoms with van der Waals surface area (Å²) >= 11 is 0. The molecule has 0 saturated heterocycles. The van der Waals surface area contributed by atoms with E-state index < -0.39 is 11.5 Å². The minimum Gasteiger partial charge on any atom is -0.480 e. The second-order valence-corrected chi connectivity index (χ2v) is 4.56. The Kier molecular flexibility index (Phi) is 3.36. The Bertz CT molecular complexity index is 448. The molecule has 98 valence electrons. The Morgan fingerprint density at radius 3 is 2.94 bits per heavy atom. The molecule has 1 aromatic rings. The molecule has 1 saturated carbocycles. The van der Waals surface area contributed by atoms with Gasteiger partial charge in [-0.05, 0) is 32.6 Å². The van der Waals surface area contributed by atoms with Crippen molar-refractivity contribution in [2.24, 2.45) is 5.92 Å². The zero-order valence-corrected chi connectivity index (χ0v) is 10.5. The van der Waals surface area contributed by atoms with Crippen molar-refractivity contribution in [1.82, 2.24) is 9.97 Å². The third-order valence-corrected chi connectivity index (χ3v) is 3.13. The van der Waals surface area contributed by atoms with Crippen LogP contribution in [-0.4, -0.2) is 33.2 Å². The van der Waals surface area contributed by atoms with E-state index in [1.807, 2.05) is 6.92 Å². The Labute approximate surface area is 105 Å². The first-order valence-electron chi connectivity index (χ1n) is 6.03. The first-order chi connectivity index (χ1) is 8.56. The van der Waals surface area contributed by atoms with Gasteiger partial charge in [-0.3, -0.25) is 0 Å². The van der Waals surface area contributed by atoms with Gasteiger partial charge in [-0.2, -0.15) is 4.98 Å². The summed E-state index contributed by atoms with van der Waals surface area (Å²) in [6.07, 6.45) is 3.39. The number of rotatable bonds is 6. The fourth-order valence-electron chi connectivity index (χ4n) is 1.85. The summed E-state index contributed by atoms with van der Waals surface area (Å²) in [6, 6.07) is 1.64. The number of nitrogens with one attached hydrogen (secondary N) is 1. The maximum atomic E-state index is 11.4. The number of aliphatic carboxylic acids is 1. The van der Waals surface area contributed by atoms with Crippen LogP contribution < -0.4 is 10.1 Å². The van der Waals surface area contributed by atoms with E-state index in [0.717, 1.165) is 12.8 Å². The smallest absolute Gasteiger partial charge is 0.329 e. The summed E-state index contributed by atoms with van der Waals surface area (Å²) in [5, 5.41) is 12.2. The van der Waals surface area contributed by atoms with Crippen molar-refractivity contribution in [3.8, 4) is 5.88 Å². The van der Waals surface area contributed by atoms with E-state index in [1.165, 1.54) is 0 Å². The lowest BCUT2D eigenvalue weighted by atomic mass is 9.96. The fraction of sp³-hybridized carbons (Fsp3) is 0.583. The van der Waals surface area contributed by atoms with Gasteiger partial charge in [0.25, 0.3) is 0 Å². The van der Waals surface area contributed by atoms with Gasteiger partial charge in [0.15, 0.2) is 0 Å². The largest absolute Gasteiger partial charge is 0.480 e. The molecular weight excluding hydrogens is 234 g/mol. The minimum absolute atomic E-state index is 0.134. The molecule has 0 aromatic carbocycles. The third-order valence-electron chi connectivity index (χ3n) is 3.13. The summed E-state index contributed by atoms with van der Waals surface area (Å²) in [4.78, 5) is 19.5. The summed E-state index contributed by atoms with van der Waals surface area (Å²) in [5.74, 6) is -0.0129. The standard InChI is InChI=1S/C12H17N3O3/c1-3-18-9-6-7-13-11(14-9)15-12(2,10(16)17)8-4-5-8/h6-8H,3-5H2,1-2H3,(H,16,17)(H,13,14,15). The zero-order chi connectivity index (χ0) is 13.2. The highest BCUT2D eigenvalue weighted by Crippen LogP contribution is 2.41. The van der Waals surface area contributed by atoms with E-state index in [1.54, 1.807) is 19.2 Å². The number of carbonyl (C=O) groups is 1. The third kappa shape index (κ3) is 2.52.